The van der Waals surface area contributed by atoms with Crippen LogP contribution in [0.3, 0.4) is 0 Å². The van der Waals surface area contributed by atoms with E-state index >= 15 is 0 Å². The molecular formula is C12H16O5S. The molecule has 1 N–H and O–H groups in total. The fourth-order valence-corrected chi connectivity index (χ4v) is 2.45. The van der Waals surface area contributed by atoms with E-state index in [1.165, 1.54) is 12.1 Å². The van der Waals surface area contributed by atoms with E-state index in [0.29, 0.717) is 6.42 Å². The van der Waals surface area contributed by atoms with E-state index in [1.54, 1.807) is 19.1 Å². The molecule has 6 heteroatoms. The first-order valence-electron chi connectivity index (χ1n) is 5.59. The molecule has 1 atom stereocenters. The van der Waals surface area contributed by atoms with Gasteiger partial charge in [0.1, 0.15) is 0 Å². The fraction of sp³-hybridized carbons (Fsp3) is 0.417. The Balaban J connectivity index is 2.93. The van der Waals surface area contributed by atoms with E-state index in [1.807, 2.05) is 6.92 Å². The summed E-state index contributed by atoms with van der Waals surface area (Å²) in [5.74, 6) is -1.27. The van der Waals surface area contributed by atoms with Crippen LogP contribution in [-0.4, -0.2) is 25.6 Å². The highest BCUT2D eigenvalue weighted by molar-refractivity contribution is 7.86. The lowest BCUT2D eigenvalue weighted by molar-refractivity contribution is -0.145. The molecule has 0 aliphatic heterocycles. The summed E-state index contributed by atoms with van der Waals surface area (Å²) in [6, 6.07) is 6.06. The highest BCUT2D eigenvalue weighted by Gasteiger charge is 2.26. The van der Waals surface area contributed by atoms with Crippen LogP contribution in [0.5, 0.6) is 0 Å². The van der Waals surface area contributed by atoms with Crippen molar-refractivity contribution in [3.63, 3.8) is 0 Å². The topological polar surface area (TPSA) is 80.7 Å². The Labute approximate surface area is 107 Å². The lowest BCUT2D eigenvalue weighted by Crippen LogP contribution is -2.27. The Hall–Kier alpha value is -1.40. The number of aryl methyl sites for hydroxylation is 1. The zero-order chi connectivity index (χ0) is 13.8. The molecule has 0 aliphatic rings. The zero-order valence-electron chi connectivity index (χ0n) is 10.3. The molecule has 0 heterocycles. The van der Waals surface area contributed by atoms with Gasteiger partial charge in [0, 0.05) is 0 Å². The lowest BCUT2D eigenvalue weighted by atomic mass is 10.2. The summed E-state index contributed by atoms with van der Waals surface area (Å²) in [5, 5.41) is 8.87. The van der Waals surface area contributed by atoms with Crippen LogP contribution in [0.15, 0.2) is 29.2 Å². The molecule has 18 heavy (non-hydrogen) atoms. The fourth-order valence-electron chi connectivity index (χ4n) is 1.39. The third kappa shape index (κ3) is 3.82. The minimum atomic E-state index is -4.02. The highest BCUT2D eigenvalue weighted by atomic mass is 32.2. The first-order chi connectivity index (χ1) is 8.36. The van der Waals surface area contributed by atoms with E-state index < -0.39 is 22.2 Å². The highest BCUT2D eigenvalue weighted by Crippen LogP contribution is 2.17. The summed E-state index contributed by atoms with van der Waals surface area (Å²) < 4.78 is 28.4. The molecule has 0 spiro atoms. The van der Waals surface area contributed by atoms with E-state index in [-0.39, 0.29) is 11.3 Å². The average molecular weight is 272 g/mol. The number of hydrogen-bond donors (Lipinski definition) is 1. The van der Waals surface area contributed by atoms with Crippen LogP contribution in [0.25, 0.3) is 0 Å². The van der Waals surface area contributed by atoms with Gasteiger partial charge in [-0.05, 0) is 25.5 Å². The Bertz CT molecular complexity index is 504. The molecule has 0 saturated carbocycles. The molecule has 1 unspecified atom stereocenters. The first kappa shape index (κ1) is 14.7. The second-order valence-electron chi connectivity index (χ2n) is 3.98. The average Bonchev–Trinajstić information content (AvgIpc) is 2.28. The number of hydrogen-bond acceptors (Lipinski definition) is 4. The monoisotopic (exact) mass is 272 g/mol. The molecular weight excluding hydrogens is 256 g/mol. The standard InChI is InChI=1S/C12H16O5S/c1-3-4-11(12(13)14)17-18(15,16)10-7-5-9(2)6-8-10/h5-8,11H,3-4H2,1-2H3,(H,13,14). The normalized spacial score (nSPS) is 13.2. The van der Waals surface area contributed by atoms with Crippen molar-refractivity contribution in [2.75, 3.05) is 0 Å². The van der Waals surface area contributed by atoms with Gasteiger partial charge >= 0.3 is 5.97 Å². The predicted molar refractivity (Wildman–Crippen MR) is 65.8 cm³/mol. The quantitative estimate of drug-likeness (QED) is 0.800. The minimum absolute atomic E-state index is 0.0320. The van der Waals surface area contributed by atoms with Crippen LogP contribution >= 0.6 is 0 Å². The van der Waals surface area contributed by atoms with Gasteiger partial charge in [0.2, 0.25) is 0 Å². The van der Waals surface area contributed by atoms with Gasteiger partial charge in [0.15, 0.2) is 6.10 Å². The molecule has 0 aliphatic carbocycles. The van der Waals surface area contributed by atoms with Gasteiger partial charge in [0.05, 0.1) is 4.90 Å². The van der Waals surface area contributed by atoms with Gasteiger partial charge < -0.3 is 5.11 Å². The maximum absolute atomic E-state index is 11.8. The largest absolute Gasteiger partial charge is 0.479 e. The molecule has 0 saturated heterocycles. The van der Waals surface area contributed by atoms with E-state index in [0.717, 1.165) is 5.56 Å². The molecule has 0 fully saturated rings. The maximum Gasteiger partial charge on any atom is 0.334 e. The SMILES string of the molecule is CCCC(OS(=O)(=O)c1ccc(C)cc1)C(=O)O. The summed E-state index contributed by atoms with van der Waals surface area (Å²) in [7, 11) is -4.02. The van der Waals surface area contributed by atoms with Crippen molar-refractivity contribution in [2.24, 2.45) is 0 Å². The van der Waals surface area contributed by atoms with Gasteiger partial charge in [-0.15, -0.1) is 0 Å². The Morgan fingerprint density at radius 2 is 1.89 bits per heavy atom. The number of carbonyl (C=O) groups is 1. The molecule has 1 aromatic rings. The van der Waals surface area contributed by atoms with Crippen molar-refractivity contribution in [3.05, 3.63) is 29.8 Å². The van der Waals surface area contributed by atoms with Gasteiger partial charge in [-0.3, -0.25) is 4.18 Å². The first-order valence-corrected chi connectivity index (χ1v) is 7.00. The van der Waals surface area contributed by atoms with Crippen LogP contribution in [0.2, 0.25) is 0 Å². The molecule has 5 nitrogen and oxygen atoms in total. The van der Waals surface area contributed by atoms with Crippen molar-refractivity contribution < 1.29 is 22.5 Å². The second kappa shape index (κ2) is 5.97. The summed E-state index contributed by atoms with van der Waals surface area (Å²) >= 11 is 0. The van der Waals surface area contributed by atoms with Crippen LogP contribution in [0.4, 0.5) is 0 Å². The number of carboxylic acids is 1. The summed E-state index contributed by atoms with van der Waals surface area (Å²) in [4.78, 5) is 10.8. The van der Waals surface area contributed by atoms with E-state index in [9.17, 15) is 13.2 Å². The predicted octanol–water partition coefficient (Wildman–Crippen LogP) is 1.95. The third-order valence-corrected chi connectivity index (χ3v) is 3.71. The lowest BCUT2D eigenvalue weighted by Gasteiger charge is -2.12. The molecule has 1 rings (SSSR count). The van der Waals surface area contributed by atoms with Gasteiger partial charge in [-0.25, -0.2) is 4.79 Å². The van der Waals surface area contributed by atoms with Crippen LogP contribution < -0.4 is 0 Å². The van der Waals surface area contributed by atoms with Crippen molar-refractivity contribution in [1.82, 2.24) is 0 Å². The van der Waals surface area contributed by atoms with Crippen LogP contribution in [0.1, 0.15) is 25.3 Å². The Morgan fingerprint density at radius 1 is 1.33 bits per heavy atom. The minimum Gasteiger partial charge on any atom is -0.479 e. The zero-order valence-corrected chi connectivity index (χ0v) is 11.1. The smallest absolute Gasteiger partial charge is 0.334 e. The third-order valence-electron chi connectivity index (χ3n) is 2.38. The molecule has 0 amide bonds. The Kier molecular flexibility index (Phi) is 4.86. The molecule has 100 valence electrons. The van der Waals surface area contributed by atoms with Gasteiger partial charge in [0.25, 0.3) is 10.1 Å². The van der Waals surface area contributed by atoms with E-state index in [2.05, 4.69) is 0 Å². The number of rotatable bonds is 6. The molecule has 0 bridgehead atoms. The number of benzene rings is 1. The molecule has 0 aromatic heterocycles. The van der Waals surface area contributed by atoms with Gasteiger partial charge in [-0.2, -0.15) is 8.42 Å². The molecule has 0 radical (unpaired) electrons. The van der Waals surface area contributed by atoms with Crippen molar-refractivity contribution in [1.29, 1.82) is 0 Å². The van der Waals surface area contributed by atoms with Crippen molar-refractivity contribution >= 4 is 16.1 Å². The van der Waals surface area contributed by atoms with Crippen LogP contribution in [0, 0.1) is 6.92 Å². The molecule has 1 aromatic carbocycles. The summed E-state index contributed by atoms with van der Waals surface area (Å²) in [6.07, 6.45) is -0.651. The van der Waals surface area contributed by atoms with Crippen LogP contribution in [-0.2, 0) is 19.1 Å². The second-order valence-corrected chi connectivity index (χ2v) is 5.55. The summed E-state index contributed by atoms with van der Waals surface area (Å²) in [5.41, 5.74) is 0.914. The summed E-state index contributed by atoms with van der Waals surface area (Å²) in [6.45, 7) is 3.59. The number of aliphatic carboxylic acids is 1. The maximum atomic E-state index is 11.8. The number of carboxylic acid groups (broad SMARTS) is 1. The van der Waals surface area contributed by atoms with E-state index in [4.69, 9.17) is 9.29 Å². The van der Waals surface area contributed by atoms with Crippen molar-refractivity contribution in [2.45, 2.75) is 37.7 Å². The van der Waals surface area contributed by atoms with Gasteiger partial charge in [-0.1, -0.05) is 31.0 Å². The Morgan fingerprint density at radius 3 is 2.33 bits per heavy atom. The van der Waals surface area contributed by atoms with Crippen molar-refractivity contribution in [3.8, 4) is 0 Å².